The van der Waals surface area contributed by atoms with E-state index < -0.39 is 0 Å². The molecule has 0 N–H and O–H groups in total. The van der Waals surface area contributed by atoms with E-state index in [0.717, 1.165) is 29.0 Å². The second-order valence-electron chi connectivity index (χ2n) is 4.76. The molecule has 0 amide bonds. The highest BCUT2D eigenvalue weighted by Gasteiger charge is 2.11. The molecule has 0 radical (unpaired) electrons. The summed E-state index contributed by atoms with van der Waals surface area (Å²) in [4.78, 5) is 4.76. The van der Waals surface area contributed by atoms with Crippen molar-refractivity contribution >= 4 is 11.0 Å². The lowest BCUT2D eigenvalue weighted by atomic mass is 10.2. The predicted molar refractivity (Wildman–Crippen MR) is 83.0 cm³/mol. The van der Waals surface area contributed by atoms with E-state index in [4.69, 9.17) is 14.5 Å². The minimum atomic E-state index is 0.313. The van der Waals surface area contributed by atoms with E-state index >= 15 is 0 Å². The highest BCUT2D eigenvalue weighted by Crippen LogP contribution is 2.24. The van der Waals surface area contributed by atoms with Crippen molar-refractivity contribution in [3.8, 4) is 11.4 Å². The zero-order chi connectivity index (χ0) is 14.5. The lowest BCUT2D eigenvalue weighted by Crippen LogP contribution is -2.08. The molecule has 0 saturated carbocycles. The predicted octanol–water partition coefficient (Wildman–Crippen LogP) is 3.32. The third kappa shape index (κ3) is 2.96. The molecule has 0 fully saturated rings. The molecule has 3 rings (SSSR count). The number of fused-ring (bicyclic) bond motifs is 1. The van der Waals surface area contributed by atoms with Crippen LogP contribution in [0.15, 0.2) is 54.6 Å². The van der Waals surface area contributed by atoms with Crippen molar-refractivity contribution in [3.05, 3.63) is 54.6 Å². The van der Waals surface area contributed by atoms with Crippen molar-refractivity contribution in [3.63, 3.8) is 0 Å². The summed E-state index contributed by atoms with van der Waals surface area (Å²) in [5.41, 5.74) is 3.24. The Hall–Kier alpha value is -2.17. The highest BCUT2D eigenvalue weighted by atomic mass is 16.7. The van der Waals surface area contributed by atoms with Gasteiger partial charge in [0.05, 0.1) is 17.6 Å². The molecular formula is C17H18N2O2. The largest absolute Gasteiger partial charge is 0.359 e. The standard InChI is InChI=1S/C17H18N2O2/c1-20-13-21-12-11-19-16-10-6-5-9-15(16)18-17(19)14-7-3-2-4-8-14/h2-10H,11-13H2,1H3. The summed E-state index contributed by atoms with van der Waals surface area (Å²) in [6.07, 6.45) is 0. The zero-order valence-electron chi connectivity index (χ0n) is 12.0. The van der Waals surface area contributed by atoms with Gasteiger partial charge in [0.25, 0.3) is 0 Å². The number of nitrogens with zero attached hydrogens (tertiary/aromatic N) is 2. The van der Waals surface area contributed by atoms with Crippen molar-refractivity contribution in [1.29, 1.82) is 0 Å². The molecule has 0 aliphatic heterocycles. The van der Waals surface area contributed by atoms with E-state index in [-0.39, 0.29) is 0 Å². The first-order valence-electron chi connectivity index (χ1n) is 6.97. The molecule has 0 unspecified atom stereocenters. The van der Waals surface area contributed by atoms with Gasteiger partial charge in [-0.05, 0) is 12.1 Å². The molecule has 0 atom stereocenters. The summed E-state index contributed by atoms with van der Waals surface area (Å²) in [7, 11) is 1.63. The number of hydrogen-bond acceptors (Lipinski definition) is 3. The molecule has 2 aromatic carbocycles. The molecule has 1 heterocycles. The molecule has 0 bridgehead atoms. The quantitative estimate of drug-likeness (QED) is 0.514. The van der Waals surface area contributed by atoms with Crippen LogP contribution in [0, 0.1) is 0 Å². The average Bonchev–Trinajstić information content (AvgIpc) is 2.91. The fourth-order valence-electron chi connectivity index (χ4n) is 2.41. The fourth-order valence-corrected chi connectivity index (χ4v) is 2.41. The van der Waals surface area contributed by atoms with Crippen LogP contribution < -0.4 is 0 Å². The Kier molecular flexibility index (Phi) is 4.28. The van der Waals surface area contributed by atoms with Gasteiger partial charge in [-0.25, -0.2) is 4.98 Å². The topological polar surface area (TPSA) is 36.3 Å². The molecular weight excluding hydrogens is 264 g/mol. The van der Waals surface area contributed by atoms with Crippen molar-refractivity contribution < 1.29 is 9.47 Å². The normalized spacial score (nSPS) is 11.1. The maximum absolute atomic E-state index is 5.43. The Labute approximate surface area is 123 Å². The van der Waals surface area contributed by atoms with Gasteiger partial charge in [0, 0.05) is 19.2 Å². The van der Waals surface area contributed by atoms with Gasteiger partial charge in [-0.2, -0.15) is 0 Å². The first-order chi connectivity index (χ1) is 10.4. The third-order valence-corrected chi connectivity index (χ3v) is 3.35. The van der Waals surface area contributed by atoms with Crippen LogP contribution in [0.2, 0.25) is 0 Å². The summed E-state index contributed by atoms with van der Waals surface area (Å²) in [5, 5.41) is 0. The van der Waals surface area contributed by atoms with Crippen LogP contribution in [-0.4, -0.2) is 30.1 Å². The molecule has 0 spiro atoms. The van der Waals surface area contributed by atoms with Crippen LogP contribution >= 0.6 is 0 Å². The first-order valence-corrected chi connectivity index (χ1v) is 6.97. The van der Waals surface area contributed by atoms with Gasteiger partial charge in [0.15, 0.2) is 0 Å². The molecule has 1 aromatic heterocycles. The van der Waals surface area contributed by atoms with Gasteiger partial charge >= 0.3 is 0 Å². The third-order valence-electron chi connectivity index (χ3n) is 3.35. The van der Waals surface area contributed by atoms with Gasteiger partial charge in [0.2, 0.25) is 0 Å². The van der Waals surface area contributed by atoms with E-state index in [1.165, 1.54) is 0 Å². The summed E-state index contributed by atoms with van der Waals surface area (Å²) >= 11 is 0. The van der Waals surface area contributed by atoms with Crippen molar-refractivity contribution in [2.45, 2.75) is 6.54 Å². The number of ether oxygens (including phenoxy) is 2. The molecule has 0 aliphatic rings. The Bertz CT molecular complexity index is 707. The first kappa shape index (κ1) is 13.8. The number of para-hydroxylation sites is 2. The van der Waals surface area contributed by atoms with E-state index in [1.54, 1.807) is 7.11 Å². The Morgan fingerprint density at radius 3 is 2.57 bits per heavy atom. The van der Waals surface area contributed by atoms with E-state index in [1.807, 2.05) is 36.4 Å². The number of aromatic nitrogens is 2. The second kappa shape index (κ2) is 6.52. The Balaban J connectivity index is 1.98. The smallest absolute Gasteiger partial charge is 0.146 e. The van der Waals surface area contributed by atoms with E-state index in [9.17, 15) is 0 Å². The molecule has 0 saturated heterocycles. The molecule has 0 aliphatic carbocycles. The maximum Gasteiger partial charge on any atom is 0.146 e. The van der Waals surface area contributed by atoms with Crippen molar-refractivity contribution in [2.24, 2.45) is 0 Å². The van der Waals surface area contributed by atoms with Gasteiger partial charge in [-0.1, -0.05) is 42.5 Å². The number of imidazole rings is 1. The van der Waals surface area contributed by atoms with Crippen molar-refractivity contribution in [2.75, 3.05) is 20.5 Å². The van der Waals surface area contributed by atoms with Crippen LogP contribution in [0.25, 0.3) is 22.4 Å². The maximum atomic E-state index is 5.43. The lowest BCUT2D eigenvalue weighted by Gasteiger charge is -2.09. The summed E-state index contributed by atoms with van der Waals surface area (Å²) < 4.78 is 12.5. The van der Waals surface area contributed by atoms with Crippen LogP contribution in [0.1, 0.15) is 0 Å². The average molecular weight is 282 g/mol. The second-order valence-corrected chi connectivity index (χ2v) is 4.76. The molecule has 3 aromatic rings. The summed E-state index contributed by atoms with van der Waals surface area (Å²) in [6.45, 7) is 1.65. The summed E-state index contributed by atoms with van der Waals surface area (Å²) in [6, 6.07) is 18.4. The molecule has 4 heteroatoms. The van der Waals surface area contributed by atoms with Crippen molar-refractivity contribution in [1.82, 2.24) is 9.55 Å². The SMILES string of the molecule is COCOCCn1c(-c2ccccc2)nc2ccccc21. The monoisotopic (exact) mass is 282 g/mol. The number of hydrogen-bond donors (Lipinski definition) is 0. The van der Waals surface area contributed by atoms with Crippen LogP contribution in [-0.2, 0) is 16.0 Å². The molecule has 108 valence electrons. The minimum Gasteiger partial charge on any atom is -0.359 e. The highest BCUT2D eigenvalue weighted by molar-refractivity contribution is 5.80. The number of benzene rings is 2. The van der Waals surface area contributed by atoms with Crippen LogP contribution in [0.5, 0.6) is 0 Å². The Morgan fingerprint density at radius 2 is 1.76 bits per heavy atom. The molecule has 4 nitrogen and oxygen atoms in total. The van der Waals surface area contributed by atoms with E-state index in [0.29, 0.717) is 13.4 Å². The van der Waals surface area contributed by atoms with E-state index in [2.05, 4.69) is 22.8 Å². The number of methoxy groups -OCH3 is 1. The fraction of sp³-hybridized carbons (Fsp3) is 0.235. The van der Waals surface area contributed by atoms with Gasteiger partial charge in [-0.15, -0.1) is 0 Å². The van der Waals surface area contributed by atoms with Gasteiger partial charge in [-0.3, -0.25) is 0 Å². The minimum absolute atomic E-state index is 0.313. The Morgan fingerprint density at radius 1 is 1.00 bits per heavy atom. The number of rotatable bonds is 6. The molecule has 21 heavy (non-hydrogen) atoms. The van der Waals surface area contributed by atoms with Gasteiger partial charge < -0.3 is 14.0 Å². The lowest BCUT2D eigenvalue weighted by molar-refractivity contribution is -0.0326. The summed E-state index contributed by atoms with van der Waals surface area (Å²) in [5.74, 6) is 0.970. The van der Waals surface area contributed by atoms with Gasteiger partial charge in [0.1, 0.15) is 12.6 Å². The van der Waals surface area contributed by atoms with Crippen LogP contribution in [0.3, 0.4) is 0 Å². The van der Waals surface area contributed by atoms with Crippen LogP contribution in [0.4, 0.5) is 0 Å². The zero-order valence-corrected chi connectivity index (χ0v) is 12.0.